The van der Waals surface area contributed by atoms with Crippen LogP contribution in [0, 0.1) is 13.8 Å². The summed E-state index contributed by atoms with van der Waals surface area (Å²) in [4.78, 5) is 5.19. The maximum Gasteiger partial charge on any atom is 0.258 e. The molecule has 0 spiro atoms. The third-order valence-corrected chi connectivity index (χ3v) is 16.4. The van der Waals surface area contributed by atoms with E-state index in [1.807, 2.05) is 36.4 Å². The summed E-state index contributed by atoms with van der Waals surface area (Å²) in [5, 5.41) is 12.2. The predicted octanol–water partition coefficient (Wildman–Crippen LogP) is 11.5. The van der Waals surface area contributed by atoms with Crippen LogP contribution in [-0.2, 0) is 11.2 Å². The molecule has 4 aromatic carbocycles. The lowest BCUT2D eigenvalue weighted by Gasteiger charge is -2.43. The highest BCUT2D eigenvalue weighted by Gasteiger charge is 2.48. The van der Waals surface area contributed by atoms with Crippen LogP contribution >= 0.6 is 0 Å². The molecule has 0 radical (unpaired) electrons. The van der Waals surface area contributed by atoms with Gasteiger partial charge in [0.05, 0.1) is 17.5 Å². The Bertz CT molecular complexity index is 1620. The Balaban J connectivity index is 1.59. The second kappa shape index (κ2) is 15.4. The number of nitrogens with zero attached hydrogens (tertiary/aromatic N) is 1. The number of benzene rings is 4. The summed E-state index contributed by atoms with van der Waals surface area (Å²) in [6.07, 6.45) is 2.09. The fourth-order valence-corrected chi connectivity index (χ4v) is 13.6. The zero-order valence-electron chi connectivity index (χ0n) is 30.5. The largest absolute Gasteiger partial charge is 0.542 e. The van der Waals surface area contributed by atoms with Crippen LogP contribution in [0.4, 0.5) is 5.69 Å². The summed E-state index contributed by atoms with van der Waals surface area (Å²) >= 11 is 0. The molecule has 5 rings (SSSR count). The van der Waals surface area contributed by atoms with Gasteiger partial charge in [0.2, 0.25) is 0 Å². The monoisotopic (exact) mass is 661 g/mol. The first-order chi connectivity index (χ1) is 23.0. The van der Waals surface area contributed by atoms with Crippen LogP contribution in [0.2, 0.25) is 16.6 Å². The fraction of sp³-hybridized carbons (Fsp3) is 0.419. The first kappa shape index (κ1) is 35.8. The van der Waals surface area contributed by atoms with E-state index in [1.165, 1.54) is 5.56 Å². The third-order valence-electron chi connectivity index (χ3n) is 10.4. The Labute approximate surface area is 290 Å². The van der Waals surface area contributed by atoms with Gasteiger partial charge in [0, 0.05) is 23.3 Å². The molecule has 5 heteroatoms. The van der Waals surface area contributed by atoms with Crippen molar-refractivity contribution in [3.05, 3.63) is 129 Å². The van der Waals surface area contributed by atoms with E-state index < -0.39 is 14.4 Å². The van der Waals surface area contributed by atoms with Gasteiger partial charge in [0.25, 0.3) is 8.32 Å². The average Bonchev–Trinajstić information content (AvgIpc) is 3.06. The minimum Gasteiger partial charge on any atom is -0.542 e. The summed E-state index contributed by atoms with van der Waals surface area (Å²) in [6, 6.07) is 29.2. The van der Waals surface area contributed by atoms with E-state index in [0.717, 1.165) is 75.4 Å². The smallest absolute Gasteiger partial charge is 0.258 e. The molecule has 0 aromatic heterocycles. The predicted molar refractivity (Wildman–Crippen MR) is 204 cm³/mol. The van der Waals surface area contributed by atoms with Gasteiger partial charge < -0.3 is 14.3 Å². The van der Waals surface area contributed by atoms with Gasteiger partial charge in [0.1, 0.15) is 11.9 Å². The molecule has 0 saturated heterocycles. The molecule has 0 saturated carbocycles. The van der Waals surface area contributed by atoms with Crippen molar-refractivity contribution in [2.75, 3.05) is 6.61 Å². The average molecular weight is 662 g/mol. The molecule has 1 N–H and O–H groups in total. The van der Waals surface area contributed by atoms with E-state index >= 15 is 0 Å². The highest BCUT2D eigenvalue weighted by molar-refractivity contribution is 6.78. The van der Waals surface area contributed by atoms with Crippen molar-refractivity contribution >= 4 is 19.7 Å². The zero-order chi connectivity index (χ0) is 34.6. The summed E-state index contributed by atoms with van der Waals surface area (Å²) in [6.45, 7) is 20.9. The number of fused-ring (bicyclic) bond motifs is 1. The molecule has 1 aliphatic carbocycles. The van der Waals surface area contributed by atoms with E-state index in [2.05, 4.69) is 111 Å². The van der Waals surface area contributed by atoms with Gasteiger partial charge in [-0.25, -0.2) is 4.99 Å². The lowest BCUT2D eigenvalue weighted by atomic mass is 9.81. The van der Waals surface area contributed by atoms with Gasteiger partial charge in [-0.05, 0) is 103 Å². The molecule has 48 heavy (non-hydrogen) atoms. The number of aliphatic hydroxyl groups excluding tert-OH is 1. The van der Waals surface area contributed by atoms with E-state index in [9.17, 15) is 5.11 Å². The SMILES string of the molecule is CCOC1CCCc2c(C(O)c3c(C)cc(N=C(c4ccccc4)c4ccccc4)cc3C)ccc(O[Si](C(C)C)(C(C)C)C(C)C)c21. The van der Waals surface area contributed by atoms with Crippen LogP contribution in [0.25, 0.3) is 0 Å². The summed E-state index contributed by atoms with van der Waals surface area (Å²) in [5.41, 5.74) is 11.6. The van der Waals surface area contributed by atoms with Gasteiger partial charge in [-0.15, -0.1) is 0 Å². The molecule has 254 valence electrons. The Hall–Kier alpha value is -3.51. The van der Waals surface area contributed by atoms with Crippen molar-refractivity contribution in [1.29, 1.82) is 0 Å². The van der Waals surface area contributed by atoms with Crippen LogP contribution in [0.5, 0.6) is 5.75 Å². The minimum atomic E-state index is -2.21. The lowest BCUT2D eigenvalue weighted by Crippen LogP contribution is -2.51. The highest BCUT2D eigenvalue weighted by Crippen LogP contribution is 2.48. The lowest BCUT2D eigenvalue weighted by molar-refractivity contribution is 0.0483. The summed E-state index contributed by atoms with van der Waals surface area (Å²) in [7, 11) is -2.21. The van der Waals surface area contributed by atoms with Crippen LogP contribution in [0.15, 0.2) is 89.9 Å². The van der Waals surface area contributed by atoms with Gasteiger partial charge in [-0.1, -0.05) is 108 Å². The molecular formula is C43H55NO3Si. The topological polar surface area (TPSA) is 51.0 Å². The molecule has 2 unspecified atom stereocenters. The van der Waals surface area contributed by atoms with Crippen LogP contribution in [-0.4, -0.2) is 25.7 Å². The number of aryl methyl sites for hydroxylation is 2. The Morgan fingerprint density at radius 1 is 0.812 bits per heavy atom. The number of ether oxygens (including phenoxy) is 1. The minimum absolute atomic E-state index is 0.0348. The van der Waals surface area contributed by atoms with E-state index in [4.69, 9.17) is 14.2 Å². The van der Waals surface area contributed by atoms with Crippen molar-refractivity contribution in [2.45, 2.75) is 110 Å². The van der Waals surface area contributed by atoms with Crippen LogP contribution in [0.1, 0.15) is 118 Å². The molecule has 0 amide bonds. The zero-order valence-corrected chi connectivity index (χ0v) is 31.5. The molecule has 2 atom stereocenters. The molecular weight excluding hydrogens is 607 g/mol. The number of hydrogen-bond donors (Lipinski definition) is 1. The molecule has 0 bridgehead atoms. The van der Waals surface area contributed by atoms with Crippen molar-refractivity contribution in [3.63, 3.8) is 0 Å². The van der Waals surface area contributed by atoms with Crippen molar-refractivity contribution in [1.82, 2.24) is 0 Å². The van der Waals surface area contributed by atoms with Crippen LogP contribution in [0.3, 0.4) is 0 Å². The third kappa shape index (κ3) is 7.10. The maximum absolute atomic E-state index is 12.2. The molecule has 1 aliphatic rings. The van der Waals surface area contributed by atoms with Gasteiger partial charge >= 0.3 is 0 Å². The summed E-state index contributed by atoms with van der Waals surface area (Å²) in [5.74, 6) is 0.967. The number of rotatable bonds is 12. The number of hydrogen-bond acceptors (Lipinski definition) is 4. The van der Waals surface area contributed by atoms with Gasteiger partial charge in [-0.3, -0.25) is 0 Å². The normalized spacial score (nSPS) is 15.5. The first-order valence-electron chi connectivity index (χ1n) is 17.9. The fourth-order valence-electron chi connectivity index (χ4n) is 8.38. The van der Waals surface area contributed by atoms with E-state index in [0.29, 0.717) is 23.2 Å². The quantitative estimate of drug-likeness (QED) is 0.121. The van der Waals surface area contributed by atoms with E-state index in [1.54, 1.807) is 0 Å². The Morgan fingerprint density at radius 2 is 1.35 bits per heavy atom. The molecule has 4 aromatic rings. The molecule has 0 aliphatic heterocycles. The van der Waals surface area contributed by atoms with Gasteiger partial charge in [-0.2, -0.15) is 0 Å². The van der Waals surface area contributed by atoms with Gasteiger partial charge in [0.15, 0.2) is 0 Å². The molecule has 4 nitrogen and oxygen atoms in total. The first-order valence-corrected chi connectivity index (χ1v) is 20.1. The molecule has 0 fully saturated rings. The second-order valence-electron chi connectivity index (χ2n) is 14.4. The van der Waals surface area contributed by atoms with Crippen molar-refractivity contribution in [3.8, 4) is 5.75 Å². The number of aliphatic imine (C=N–C) groups is 1. The Kier molecular flexibility index (Phi) is 11.5. The number of aliphatic hydroxyl groups is 1. The summed E-state index contributed by atoms with van der Waals surface area (Å²) < 4.78 is 13.7. The van der Waals surface area contributed by atoms with Crippen LogP contribution < -0.4 is 4.43 Å². The Morgan fingerprint density at radius 3 is 1.85 bits per heavy atom. The van der Waals surface area contributed by atoms with Crippen molar-refractivity contribution < 1.29 is 14.3 Å². The highest BCUT2D eigenvalue weighted by atomic mass is 28.4. The maximum atomic E-state index is 12.2. The van der Waals surface area contributed by atoms with E-state index in [-0.39, 0.29) is 6.10 Å². The molecule has 0 heterocycles. The standard InChI is InChI=1S/C43H55NO3Si/c1-10-46-38-23-17-22-36-37(24-25-39(41(36)38)47-48(28(2)3,29(4)5)30(6)7)43(45)40-31(8)26-35(27-32(40)9)44-42(33-18-13-11-14-19-33)34-20-15-12-16-21-34/h11-16,18-21,24-30,38,43,45H,10,17,22-23H2,1-9H3. The van der Waals surface area contributed by atoms with Crippen molar-refractivity contribution in [2.24, 2.45) is 4.99 Å². The second-order valence-corrected chi connectivity index (χ2v) is 19.8.